The van der Waals surface area contributed by atoms with E-state index in [1.807, 2.05) is 47.9 Å². The van der Waals surface area contributed by atoms with Gasteiger partial charge in [0.05, 0.1) is 26.8 Å². The standard InChI is InChI=1S/C15H13Cl2N3/c1-2-14-19-12-8-9(18)6-7-13(12)20(14)15-10(16)4-3-5-11(15)17/h3-8H,2,18H2,1H3. The number of para-hydroxylation sites is 1. The second-order valence-corrected chi connectivity index (χ2v) is 5.35. The zero-order chi connectivity index (χ0) is 14.3. The lowest BCUT2D eigenvalue weighted by molar-refractivity contribution is 0.908. The van der Waals surface area contributed by atoms with Crippen LogP contribution in [0.25, 0.3) is 16.7 Å². The molecule has 0 saturated carbocycles. The van der Waals surface area contributed by atoms with E-state index in [1.54, 1.807) is 0 Å². The molecule has 2 aromatic carbocycles. The average Bonchev–Trinajstić information content (AvgIpc) is 2.76. The summed E-state index contributed by atoms with van der Waals surface area (Å²) in [6.45, 7) is 2.05. The fourth-order valence-electron chi connectivity index (χ4n) is 2.34. The Morgan fingerprint density at radius 2 is 1.85 bits per heavy atom. The molecule has 0 aliphatic heterocycles. The first-order valence-corrected chi connectivity index (χ1v) is 7.08. The summed E-state index contributed by atoms with van der Waals surface area (Å²) in [7, 11) is 0. The number of anilines is 1. The molecular weight excluding hydrogens is 293 g/mol. The number of nitrogens with two attached hydrogens (primary N) is 1. The summed E-state index contributed by atoms with van der Waals surface area (Å²) < 4.78 is 2.00. The van der Waals surface area contributed by atoms with Gasteiger partial charge >= 0.3 is 0 Å². The molecule has 0 atom stereocenters. The Labute approximate surface area is 126 Å². The van der Waals surface area contributed by atoms with Crippen molar-refractivity contribution in [2.24, 2.45) is 0 Å². The van der Waals surface area contributed by atoms with Crippen LogP contribution in [0.2, 0.25) is 10.0 Å². The van der Waals surface area contributed by atoms with Crippen LogP contribution in [0.1, 0.15) is 12.7 Å². The van der Waals surface area contributed by atoms with E-state index >= 15 is 0 Å². The van der Waals surface area contributed by atoms with Crippen LogP contribution in [0.15, 0.2) is 36.4 Å². The van der Waals surface area contributed by atoms with E-state index in [0.717, 1.165) is 29.0 Å². The first-order valence-electron chi connectivity index (χ1n) is 6.33. The number of nitrogens with zero attached hydrogens (tertiary/aromatic N) is 2. The molecule has 102 valence electrons. The summed E-state index contributed by atoms with van der Waals surface area (Å²) in [5.41, 5.74) is 9.07. The first-order chi connectivity index (χ1) is 9.61. The first kappa shape index (κ1) is 13.3. The summed E-state index contributed by atoms with van der Waals surface area (Å²) >= 11 is 12.6. The van der Waals surface area contributed by atoms with Crippen molar-refractivity contribution in [1.82, 2.24) is 9.55 Å². The van der Waals surface area contributed by atoms with Gasteiger partial charge in [-0.15, -0.1) is 0 Å². The van der Waals surface area contributed by atoms with Gasteiger partial charge in [0.15, 0.2) is 0 Å². The summed E-state index contributed by atoms with van der Waals surface area (Å²) in [5, 5.41) is 1.20. The smallest absolute Gasteiger partial charge is 0.114 e. The second kappa shape index (κ2) is 5.00. The lowest BCUT2D eigenvalue weighted by atomic mass is 10.2. The van der Waals surface area contributed by atoms with E-state index in [4.69, 9.17) is 28.9 Å². The van der Waals surface area contributed by atoms with Gasteiger partial charge in [-0.05, 0) is 30.3 Å². The minimum atomic E-state index is 0.600. The molecule has 0 unspecified atom stereocenters. The molecule has 0 fully saturated rings. The third kappa shape index (κ3) is 2.03. The van der Waals surface area contributed by atoms with Crippen LogP contribution in [-0.2, 0) is 6.42 Å². The van der Waals surface area contributed by atoms with Crippen LogP contribution in [0.5, 0.6) is 0 Å². The molecule has 0 amide bonds. The number of benzene rings is 2. The largest absolute Gasteiger partial charge is 0.399 e. The van der Waals surface area contributed by atoms with Gasteiger partial charge in [-0.1, -0.05) is 36.2 Å². The van der Waals surface area contributed by atoms with Crippen LogP contribution in [0.4, 0.5) is 5.69 Å². The Bertz CT molecular complexity index is 773. The number of hydrogen-bond donors (Lipinski definition) is 1. The van der Waals surface area contributed by atoms with E-state index in [1.165, 1.54) is 0 Å². The topological polar surface area (TPSA) is 43.8 Å². The number of aryl methyl sites for hydroxylation is 1. The highest BCUT2D eigenvalue weighted by molar-refractivity contribution is 6.37. The molecule has 1 heterocycles. The molecule has 0 bridgehead atoms. The third-order valence-corrected chi connectivity index (χ3v) is 3.84. The predicted molar refractivity (Wildman–Crippen MR) is 84.9 cm³/mol. The molecule has 1 aromatic heterocycles. The van der Waals surface area contributed by atoms with Crippen molar-refractivity contribution in [2.45, 2.75) is 13.3 Å². The Balaban J connectivity index is 2.40. The summed E-state index contributed by atoms with van der Waals surface area (Å²) in [4.78, 5) is 4.62. The van der Waals surface area contributed by atoms with Gasteiger partial charge in [0.25, 0.3) is 0 Å². The molecule has 0 radical (unpaired) electrons. The fraction of sp³-hybridized carbons (Fsp3) is 0.133. The van der Waals surface area contributed by atoms with Gasteiger partial charge in [-0.2, -0.15) is 0 Å². The maximum atomic E-state index is 6.32. The molecule has 3 nitrogen and oxygen atoms in total. The maximum absolute atomic E-state index is 6.32. The monoisotopic (exact) mass is 305 g/mol. The lowest BCUT2D eigenvalue weighted by Crippen LogP contribution is -2.01. The molecule has 3 rings (SSSR count). The summed E-state index contributed by atoms with van der Waals surface area (Å²) in [6.07, 6.45) is 0.774. The van der Waals surface area contributed by atoms with Gasteiger partial charge in [0.1, 0.15) is 5.82 Å². The molecule has 2 N–H and O–H groups in total. The van der Waals surface area contributed by atoms with Crippen LogP contribution in [-0.4, -0.2) is 9.55 Å². The number of nitrogen functional groups attached to an aromatic ring is 1. The van der Waals surface area contributed by atoms with E-state index in [2.05, 4.69) is 4.98 Å². The van der Waals surface area contributed by atoms with Gasteiger partial charge in [-0.3, -0.25) is 4.57 Å². The van der Waals surface area contributed by atoms with E-state index in [0.29, 0.717) is 15.7 Å². The van der Waals surface area contributed by atoms with Crippen molar-refractivity contribution in [3.05, 3.63) is 52.3 Å². The highest BCUT2D eigenvalue weighted by atomic mass is 35.5. The molecule has 0 aliphatic carbocycles. The Morgan fingerprint density at radius 1 is 1.15 bits per heavy atom. The quantitative estimate of drug-likeness (QED) is 0.710. The molecule has 0 spiro atoms. The zero-order valence-corrected chi connectivity index (χ0v) is 12.4. The second-order valence-electron chi connectivity index (χ2n) is 4.54. The average molecular weight is 306 g/mol. The number of imidazole rings is 1. The van der Waals surface area contributed by atoms with Crippen molar-refractivity contribution in [1.29, 1.82) is 0 Å². The van der Waals surface area contributed by atoms with Gasteiger partial charge in [-0.25, -0.2) is 4.98 Å². The number of aromatic nitrogens is 2. The molecule has 0 aliphatic rings. The van der Waals surface area contributed by atoms with E-state index in [-0.39, 0.29) is 0 Å². The molecule has 0 saturated heterocycles. The number of hydrogen-bond acceptors (Lipinski definition) is 2. The zero-order valence-electron chi connectivity index (χ0n) is 10.9. The molecule has 20 heavy (non-hydrogen) atoms. The van der Waals surface area contributed by atoms with Gasteiger partial charge in [0, 0.05) is 12.1 Å². The Morgan fingerprint density at radius 3 is 2.50 bits per heavy atom. The highest BCUT2D eigenvalue weighted by Gasteiger charge is 2.16. The minimum Gasteiger partial charge on any atom is -0.399 e. The predicted octanol–water partition coefficient (Wildman–Crippen LogP) is 4.48. The van der Waals surface area contributed by atoms with Crippen LogP contribution in [0, 0.1) is 0 Å². The number of rotatable bonds is 2. The Hall–Kier alpha value is -1.71. The summed E-state index contributed by atoms with van der Waals surface area (Å²) in [5.74, 6) is 0.903. The third-order valence-electron chi connectivity index (χ3n) is 3.23. The van der Waals surface area contributed by atoms with Crippen molar-refractivity contribution in [3.63, 3.8) is 0 Å². The van der Waals surface area contributed by atoms with Crippen LogP contribution >= 0.6 is 23.2 Å². The van der Waals surface area contributed by atoms with Crippen molar-refractivity contribution in [2.75, 3.05) is 5.73 Å². The molecule has 3 aromatic rings. The van der Waals surface area contributed by atoms with Crippen molar-refractivity contribution >= 4 is 39.9 Å². The molecular formula is C15H13Cl2N3. The minimum absolute atomic E-state index is 0.600. The van der Waals surface area contributed by atoms with Gasteiger partial charge < -0.3 is 5.73 Å². The lowest BCUT2D eigenvalue weighted by Gasteiger charge is -2.12. The highest BCUT2D eigenvalue weighted by Crippen LogP contribution is 2.33. The molecule has 5 heteroatoms. The number of halogens is 2. The van der Waals surface area contributed by atoms with Crippen molar-refractivity contribution < 1.29 is 0 Å². The number of fused-ring (bicyclic) bond motifs is 1. The van der Waals surface area contributed by atoms with Crippen LogP contribution in [0.3, 0.4) is 0 Å². The van der Waals surface area contributed by atoms with E-state index in [9.17, 15) is 0 Å². The fourth-order valence-corrected chi connectivity index (χ4v) is 2.90. The maximum Gasteiger partial charge on any atom is 0.114 e. The van der Waals surface area contributed by atoms with Gasteiger partial charge in [0.2, 0.25) is 0 Å². The van der Waals surface area contributed by atoms with E-state index < -0.39 is 0 Å². The SMILES string of the molecule is CCc1nc2cc(N)ccc2n1-c1c(Cl)cccc1Cl. The van der Waals surface area contributed by atoms with Crippen LogP contribution < -0.4 is 5.73 Å². The summed E-state index contributed by atoms with van der Waals surface area (Å²) in [6, 6.07) is 11.1. The Kier molecular flexibility index (Phi) is 3.32. The van der Waals surface area contributed by atoms with Crippen molar-refractivity contribution in [3.8, 4) is 5.69 Å². The normalized spacial score (nSPS) is 11.2.